The third-order valence-corrected chi connectivity index (χ3v) is 0.500. The molecule has 0 saturated heterocycles. The molecule has 0 heterocycles. The average molecular weight is 174 g/mol. The summed E-state index contributed by atoms with van der Waals surface area (Å²) in [4.78, 5) is 0. The molecule has 0 aromatic carbocycles. The van der Waals surface area contributed by atoms with Crippen molar-refractivity contribution in [2.75, 3.05) is 0 Å². The lowest BCUT2D eigenvalue weighted by Gasteiger charge is -2.05. The first-order valence-electron chi connectivity index (χ1n) is 5.33. The molecule has 0 aliphatic rings. The van der Waals surface area contributed by atoms with Crippen LogP contribution in [0.2, 0.25) is 0 Å². The topological polar surface area (TPSA) is 0 Å². The van der Waals surface area contributed by atoms with Crippen LogP contribution in [0.1, 0.15) is 74.7 Å². The maximum absolute atomic E-state index is 2.19. The van der Waals surface area contributed by atoms with Crippen LogP contribution in [0.5, 0.6) is 0 Å². The van der Waals surface area contributed by atoms with Crippen molar-refractivity contribution in [1.29, 1.82) is 0 Å². The molecule has 0 aliphatic heterocycles. The van der Waals surface area contributed by atoms with Crippen molar-refractivity contribution in [3.05, 3.63) is 0 Å². The minimum atomic E-state index is 0.500. The smallest absolute Gasteiger partial charge is 0.0411 e. The van der Waals surface area contributed by atoms with Crippen molar-refractivity contribution in [2.45, 2.75) is 74.7 Å². The van der Waals surface area contributed by atoms with Crippen LogP contribution in [-0.4, -0.2) is 0 Å². The second-order valence-corrected chi connectivity index (χ2v) is 4.71. The van der Waals surface area contributed by atoms with E-state index in [0.29, 0.717) is 5.41 Å². The Morgan fingerprint density at radius 3 is 0.750 bits per heavy atom. The lowest BCUT2D eigenvalue weighted by atomic mass is 10.0. The van der Waals surface area contributed by atoms with Crippen molar-refractivity contribution in [1.82, 2.24) is 0 Å². The van der Waals surface area contributed by atoms with Crippen molar-refractivity contribution >= 4 is 0 Å². The monoisotopic (exact) mass is 174 g/mol. The van der Waals surface area contributed by atoms with Crippen molar-refractivity contribution in [2.24, 2.45) is 5.41 Å². The molecule has 0 radical (unpaired) electrons. The van der Waals surface area contributed by atoms with Crippen LogP contribution in [0, 0.1) is 5.41 Å². The minimum absolute atomic E-state index is 0.500. The summed E-state index contributed by atoms with van der Waals surface area (Å²) in [7, 11) is 0. The molecule has 0 unspecified atom stereocenters. The minimum Gasteiger partial charge on any atom is -0.0656 e. The molecule has 0 aromatic rings. The molecule has 0 atom stereocenters. The van der Waals surface area contributed by atoms with E-state index in [1.807, 2.05) is 0 Å². The van der Waals surface area contributed by atoms with Gasteiger partial charge in [0.05, 0.1) is 0 Å². The Morgan fingerprint density at radius 2 is 0.750 bits per heavy atom. The van der Waals surface area contributed by atoms with Gasteiger partial charge in [-0.1, -0.05) is 74.7 Å². The first-order valence-corrected chi connectivity index (χ1v) is 5.33. The van der Waals surface area contributed by atoms with Gasteiger partial charge < -0.3 is 0 Å². The zero-order valence-corrected chi connectivity index (χ0v) is 10.6. The zero-order valence-electron chi connectivity index (χ0n) is 10.6. The number of unbranched alkanes of at least 4 members (excludes halogenated alkanes) is 1. The summed E-state index contributed by atoms with van der Waals surface area (Å²) in [5.74, 6) is 0. The van der Waals surface area contributed by atoms with Gasteiger partial charge in [-0.05, 0) is 5.41 Å². The van der Waals surface area contributed by atoms with Gasteiger partial charge in [0.15, 0.2) is 0 Å². The van der Waals surface area contributed by atoms with Gasteiger partial charge in [0.1, 0.15) is 0 Å². The van der Waals surface area contributed by atoms with Gasteiger partial charge in [0.2, 0.25) is 0 Å². The van der Waals surface area contributed by atoms with E-state index in [0.717, 1.165) is 0 Å². The molecule has 0 amide bonds. The van der Waals surface area contributed by atoms with Crippen LogP contribution >= 0.6 is 0 Å². The Kier molecular flexibility index (Phi) is 20.3. The van der Waals surface area contributed by atoms with Crippen molar-refractivity contribution in [3.8, 4) is 0 Å². The SMILES string of the molecule is CC(C)(C)C.CCC.CCCC. The quantitative estimate of drug-likeness (QED) is 0.507. The number of hydrogen-bond donors (Lipinski definition) is 0. The molecule has 0 N–H and O–H groups in total. The van der Waals surface area contributed by atoms with Crippen molar-refractivity contribution in [3.63, 3.8) is 0 Å². The second-order valence-electron chi connectivity index (χ2n) is 4.71. The molecule has 0 nitrogen and oxygen atoms in total. The van der Waals surface area contributed by atoms with Gasteiger partial charge in [0, 0.05) is 0 Å². The maximum Gasteiger partial charge on any atom is -0.0411 e. The molecule has 78 valence electrons. The van der Waals surface area contributed by atoms with E-state index in [4.69, 9.17) is 0 Å². The van der Waals surface area contributed by atoms with E-state index in [1.165, 1.54) is 19.3 Å². The van der Waals surface area contributed by atoms with Crippen LogP contribution < -0.4 is 0 Å². The molecule has 0 fully saturated rings. The summed E-state index contributed by atoms with van der Waals surface area (Å²) in [5, 5.41) is 0. The van der Waals surface area contributed by atoms with Gasteiger partial charge in [-0.2, -0.15) is 0 Å². The van der Waals surface area contributed by atoms with Crippen LogP contribution in [0.3, 0.4) is 0 Å². The van der Waals surface area contributed by atoms with Crippen LogP contribution in [-0.2, 0) is 0 Å². The summed E-state index contributed by atoms with van der Waals surface area (Å²) >= 11 is 0. The molecule has 0 bridgehead atoms. The predicted molar refractivity (Wildman–Crippen MR) is 61.7 cm³/mol. The molecule has 0 heteroatoms. The fraction of sp³-hybridized carbons (Fsp3) is 1.00. The van der Waals surface area contributed by atoms with Crippen molar-refractivity contribution < 1.29 is 0 Å². The van der Waals surface area contributed by atoms with E-state index >= 15 is 0 Å². The first kappa shape index (κ1) is 17.9. The van der Waals surface area contributed by atoms with Gasteiger partial charge in [-0.3, -0.25) is 0 Å². The third kappa shape index (κ3) is 810. The highest BCUT2D eigenvalue weighted by Gasteiger charge is 1.95. The fourth-order valence-corrected chi connectivity index (χ4v) is 0. The van der Waals surface area contributed by atoms with Crippen LogP contribution in [0.25, 0.3) is 0 Å². The zero-order chi connectivity index (χ0) is 10.6. The van der Waals surface area contributed by atoms with E-state index in [1.54, 1.807) is 0 Å². The summed E-state index contributed by atoms with van der Waals surface area (Å²) < 4.78 is 0. The Morgan fingerprint density at radius 1 is 0.667 bits per heavy atom. The average Bonchev–Trinajstić information content (AvgIpc) is 1.85. The molecule has 0 aliphatic carbocycles. The lowest BCUT2D eigenvalue weighted by Crippen LogP contribution is -1.93. The molecule has 0 aromatic heterocycles. The molecule has 0 spiro atoms. The van der Waals surface area contributed by atoms with Crippen LogP contribution in [0.4, 0.5) is 0 Å². The van der Waals surface area contributed by atoms with Gasteiger partial charge in [0.25, 0.3) is 0 Å². The summed E-state index contributed by atoms with van der Waals surface area (Å²) in [6.07, 6.45) is 3.89. The molecule has 12 heavy (non-hydrogen) atoms. The Balaban J connectivity index is -0.000000105. The predicted octanol–water partition coefficient (Wildman–Crippen LogP) is 5.28. The number of hydrogen-bond acceptors (Lipinski definition) is 0. The van der Waals surface area contributed by atoms with E-state index in [-0.39, 0.29) is 0 Å². The largest absolute Gasteiger partial charge is 0.0656 e. The molecular weight excluding hydrogens is 144 g/mol. The van der Waals surface area contributed by atoms with E-state index in [9.17, 15) is 0 Å². The molecular formula is C12H30. The van der Waals surface area contributed by atoms with E-state index in [2.05, 4.69) is 55.4 Å². The third-order valence-electron chi connectivity index (χ3n) is 0.500. The first-order chi connectivity index (χ1) is 5.33. The Labute approximate surface area is 80.8 Å². The highest BCUT2D eigenvalue weighted by atomic mass is 14.0. The van der Waals surface area contributed by atoms with E-state index < -0.39 is 0 Å². The van der Waals surface area contributed by atoms with Gasteiger partial charge >= 0.3 is 0 Å². The number of rotatable bonds is 1. The fourth-order valence-electron chi connectivity index (χ4n) is 0. The highest BCUT2D eigenvalue weighted by Crippen LogP contribution is 2.07. The summed E-state index contributed by atoms with van der Waals surface area (Å²) in [5.41, 5.74) is 0.500. The van der Waals surface area contributed by atoms with Gasteiger partial charge in [-0.25, -0.2) is 0 Å². The lowest BCUT2D eigenvalue weighted by molar-refractivity contribution is 0.469. The normalized spacial score (nSPS) is 9.00. The maximum atomic E-state index is 2.19. The molecule has 0 rings (SSSR count). The molecule has 0 saturated carbocycles. The van der Waals surface area contributed by atoms with Crippen LogP contribution in [0.15, 0.2) is 0 Å². The summed E-state index contributed by atoms with van der Waals surface area (Å²) in [6, 6.07) is 0. The highest BCUT2D eigenvalue weighted by molar-refractivity contribution is 4.47. The Bertz CT molecular complexity index is 39.5. The summed E-state index contributed by atoms with van der Waals surface area (Å²) in [6.45, 7) is 17.4. The standard InChI is InChI=1S/C5H12.C4H10.C3H8/c1-5(2,3)4;1-3-4-2;1-3-2/h1-4H3;3-4H2,1-2H3;3H2,1-2H3. The Hall–Kier alpha value is 0. The second kappa shape index (κ2) is 13.6. The van der Waals surface area contributed by atoms with Gasteiger partial charge in [-0.15, -0.1) is 0 Å².